The molecule has 0 bridgehead atoms. The van der Waals surface area contributed by atoms with Crippen LogP contribution in [0.1, 0.15) is 51.5 Å². The number of hydrogen-bond acceptors (Lipinski definition) is 6. The number of carbonyl (C=O) groups excluding carboxylic acids is 1. The van der Waals surface area contributed by atoms with Gasteiger partial charge in [0.25, 0.3) is 0 Å². The molecule has 0 saturated carbocycles. The minimum atomic E-state index is -0.854. The standard InChI is InChI=1S/C19H19N3O4S/c23-10-13-3-1-2-4-14(13)17-9-15(21-26-17)16-11-27-18(20-16)12-5-7-22(8-6-12)19(24)25/h1-4,9-12,17,21H,5-8H2,(H,24,25). The first kappa shape index (κ1) is 17.7. The van der Waals surface area contributed by atoms with Gasteiger partial charge in [-0.15, -0.1) is 11.3 Å². The molecule has 2 aliphatic heterocycles. The van der Waals surface area contributed by atoms with Crippen molar-refractivity contribution in [1.82, 2.24) is 15.4 Å². The molecule has 1 unspecified atom stereocenters. The largest absolute Gasteiger partial charge is 0.465 e. The molecule has 1 fully saturated rings. The van der Waals surface area contributed by atoms with Gasteiger partial charge in [0.05, 0.1) is 16.4 Å². The van der Waals surface area contributed by atoms with Gasteiger partial charge in [0.1, 0.15) is 12.4 Å². The molecule has 1 saturated heterocycles. The summed E-state index contributed by atoms with van der Waals surface area (Å²) >= 11 is 1.59. The topological polar surface area (TPSA) is 91.8 Å². The van der Waals surface area contributed by atoms with Gasteiger partial charge < -0.3 is 10.0 Å². The first-order valence-electron chi connectivity index (χ1n) is 8.77. The monoisotopic (exact) mass is 385 g/mol. The Labute approximate surface area is 160 Å². The highest BCUT2D eigenvalue weighted by molar-refractivity contribution is 7.09. The van der Waals surface area contributed by atoms with Crippen molar-refractivity contribution in [3.05, 3.63) is 57.6 Å². The second-order valence-corrected chi connectivity index (χ2v) is 7.47. The van der Waals surface area contributed by atoms with E-state index in [1.165, 1.54) is 4.90 Å². The molecule has 2 aliphatic rings. The number of likely N-dealkylation sites (tertiary alicyclic amines) is 1. The van der Waals surface area contributed by atoms with E-state index in [1.807, 2.05) is 29.7 Å². The van der Waals surface area contributed by atoms with Gasteiger partial charge in [-0.1, -0.05) is 24.3 Å². The second-order valence-electron chi connectivity index (χ2n) is 6.58. The highest BCUT2D eigenvalue weighted by Crippen LogP contribution is 2.34. The summed E-state index contributed by atoms with van der Waals surface area (Å²) in [5, 5.41) is 12.1. The van der Waals surface area contributed by atoms with Crippen molar-refractivity contribution in [2.24, 2.45) is 0 Å². The molecule has 0 radical (unpaired) electrons. The summed E-state index contributed by atoms with van der Waals surface area (Å²) in [7, 11) is 0. The Morgan fingerprint density at radius 1 is 1.33 bits per heavy atom. The lowest BCUT2D eigenvalue weighted by atomic mass is 9.98. The number of nitrogens with one attached hydrogen (secondary N) is 1. The number of amides is 1. The Bertz CT molecular complexity index is 887. The molecule has 2 aromatic rings. The maximum absolute atomic E-state index is 11.2. The van der Waals surface area contributed by atoms with Crippen LogP contribution in [0.5, 0.6) is 0 Å². The van der Waals surface area contributed by atoms with Crippen LogP contribution in [-0.2, 0) is 4.84 Å². The molecule has 0 spiro atoms. The van der Waals surface area contributed by atoms with Crippen molar-refractivity contribution in [3.63, 3.8) is 0 Å². The fraction of sp³-hybridized carbons (Fsp3) is 0.316. The van der Waals surface area contributed by atoms with Gasteiger partial charge >= 0.3 is 6.09 Å². The SMILES string of the molecule is O=Cc1ccccc1C1C=C(c2csc(C3CCN(C(=O)O)CC3)n2)NO1. The van der Waals surface area contributed by atoms with E-state index in [9.17, 15) is 9.59 Å². The molecule has 4 rings (SSSR count). The Morgan fingerprint density at radius 2 is 2.11 bits per heavy atom. The molecule has 1 aromatic heterocycles. The molecule has 7 nitrogen and oxygen atoms in total. The Hall–Kier alpha value is -2.71. The zero-order valence-corrected chi connectivity index (χ0v) is 15.3. The molecular weight excluding hydrogens is 366 g/mol. The summed E-state index contributed by atoms with van der Waals surface area (Å²) in [5.74, 6) is 0.286. The molecule has 0 aliphatic carbocycles. The van der Waals surface area contributed by atoms with E-state index in [2.05, 4.69) is 5.48 Å². The van der Waals surface area contributed by atoms with E-state index in [1.54, 1.807) is 17.4 Å². The number of nitrogens with zero attached hydrogens (tertiary/aromatic N) is 2. The minimum absolute atomic E-state index is 0.286. The minimum Gasteiger partial charge on any atom is -0.465 e. The summed E-state index contributed by atoms with van der Waals surface area (Å²) < 4.78 is 0. The number of thiazole rings is 1. The normalized spacial score (nSPS) is 20.2. The van der Waals surface area contributed by atoms with Gasteiger partial charge in [0.2, 0.25) is 0 Å². The summed E-state index contributed by atoms with van der Waals surface area (Å²) in [6, 6.07) is 7.34. The zero-order valence-electron chi connectivity index (χ0n) is 14.5. The van der Waals surface area contributed by atoms with Crippen LogP contribution >= 0.6 is 11.3 Å². The predicted molar refractivity (Wildman–Crippen MR) is 100 cm³/mol. The fourth-order valence-corrected chi connectivity index (χ4v) is 4.42. The maximum atomic E-state index is 11.2. The van der Waals surface area contributed by atoms with Crippen LogP contribution in [-0.4, -0.2) is 40.5 Å². The highest BCUT2D eigenvalue weighted by atomic mass is 32.1. The van der Waals surface area contributed by atoms with Crippen LogP contribution in [0.15, 0.2) is 35.7 Å². The summed E-state index contributed by atoms with van der Waals surface area (Å²) in [4.78, 5) is 34.1. The molecule has 140 valence electrons. The maximum Gasteiger partial charge on any atom is 0.407 e. The summed E-state index contributed by atoms with van der Waals surface area (Å²) in [6.45, 7) is 1.09. The molecule has 3 heterocycles. The number of rotatable bonds is 4. The third kappa shape index (κ3) is 3.58. The van der Waals surface area contributed by atoms with Crippen LogP contribution in [0.4, 0.5) is 4.79 Å². The van der Waals surface area contributed by atoms with Crippen molar-refractivity contribution in [1.29, 1.82) is 0 Å². The zero-order chi connectivity index (χ0) is 18.8. The number of benzene rings is 1. The Balaban J connectivity index is 1.48. The van der Waals surface area contributed by atoms with Gasteiger partial charge in [-0.2, -0.15) is 0 Å². The van der Waals surface area contributed by atoms with Gasteiger partial charge in [-0.3, -0.25) is 15.1 Å². The van der Waals surface area contributed by atoms with E-state index in [0.29, 0.717) is 18.7 Å². The van der Waals surface area contributed by atoms with Gasteiger partial charge in [0.15, 0.2) is 0 Å². The average molecular weight is 385 g/mol. The third-order valence-corrected chi connectivity index (χ3v) is 5.96. The summed E-state index contributed by atoms with van der Waals surface area (Å²) in [6.07, 6.45) is 3.14. The Kier molecular flexibility index (Phi) is 4.91. The first-order chi connectivity index (χ1) is 13.2. The van der Waals surface area contributed by atoms with Crippen LogP contribution in [0.2, 0.25) is 0 Å². The number of carbonyl (C=O) groups is 2. The van der Waals surface area contributed by atoms with E-state index < -0.39 is 6.09 Å². The van der Waals surface area contributed by atoms with Crippen molar-refractivity contribution >= 4 is 29.4 Å². The number of aromatic nitrogens is 1. The van der Waals surface area contributed by atoms with Crippen molar-refractivity contribution in [3.8, 4) is 0 Å². The van der Waals surface area contributed by atoms with Crippen LogP contribution in [0.3, 0.4) is 0 Å². The van der Waals surface area contributed by atoms with E-state index in [0.717, 1.165) is 41.1 Å². The number of carboxylic acid groups (broad SMARTS) is 1. The number of piperidine rings is 1. The first-order valence-corrected chi connectivity index (χ1v) is 9.65. The molecule has 1 aromatic carbocycles. The lowest BCUT2D eigenvalue weighted by Gasteiger charge is -2.28. The molecular formula is C19H19N3O4S. The van der Waals surface area contributed by atoms with Gasteiger partial charge in [-0.25, -0.2) is 9.78 Å². The van der Waals surface area contributed by atoms with Crippen LogP contribution in [0.25, 0.3) is 5.70 Å². The predicted octanol–water partition coefficient (Wildman–Crippen LogP) is 3.43. The second kappa shape index (κ2) is 7.50. The van der Waals surface area contributed by atoms with E-state index in [-0.39, 0.29) is 12.0 Å². The Morgan fingerprint density at radius 3 is 2.85 bits per heavy atom. The van der Waals surface area contributed by atoms with Crippen molar-refractivity contribution < 1.29 is 19.5 Å². The third-order valence-electron chi connectivity index (χ3n) is 4.96. The van der Waals surface area contributed by atoms with E-state index in [4.69, 9.17) is 14.9 Å². The van der Waals surface area contributed by atoms with Crippen molar-refractivity contribution in [2.75, 3.05) is 13.1 Å². The van der Waals surface area contributed by atoms with Crippen molar-refractivity contribution in [2.45, 2.75) is 24.9 Å². The fourth-order valence-electron chi connectivity index (χ4n) is 3.43. The lowest BCUT2D eigenvalue weighted by Crippen LogP contribution is -2.36. The van der Waals surface area contributed by atoms with Crippen LogP contribution in [0, 0.1) is 0 Å². The quantitative estimate of drug-likeness (QED) is 0.784. The molecule has 1 amide bonds. The number of hydrogen-bond donors (Lipinski definition) is 2. The lowest BCUT2D eigenvalue weighted by molar-refractivity contribution is 0.0505. The number of hydroxylamine groups is 1. The van der Waals surface area contributed by atoms with Crippen LogP contribution < -0.4 is 5.48 Å². The molecule has 1 atom stereocenters. The van der Waals surface area contributed by atoms with Gasteiger partial charge in [0, 0.05) is 30.0 Å². The highest BCUT2D eigenvalue weighted by Gasteiger charge is 2.27. The number of aldehydes is 1. The smallest absolute Gasteiger partial charge is 0.407 e. The molecule has 8 heteroatoms. The van der Waals surface area contributed by atoms with E-state index >= 15 is 0 Å². The average Bonchev–Trinajstić information content (AvgIpc) is 3.37. The van der Waals surface area contributed by atoms with Gasteiger partial charge in [-0.05, 0) is 24.5 Å². The molecule has 2 N–H and O–H groups in total. The summed E-state index contributed by atoms with van der Waals surface area (Å²) in [5.41, 5.74) is 5.92. The molecule has 27 heavy (non-hydrogen) atoms.